The molecule has 0 saturated carbocycles. The second kappa shape index (κ2) is 9.53. The molecule has 0 fully saturated rings. The van der Waals surface area contributed by atoms with E-state index in [2.05, 4.69) is 5.32 Å². The van der Waals surface area contributed by atoms with Gasteiger partial charge in [0, 0.05) is 13.7 Å². The summed E-state index contributed by atoms with van der Waals surface area (Å²) in [5.41, 5.74) is 0.704. The Labute approximate surface area is 150 Å². The van der Waals surface area contributed by atoms with Gasteiger partial charge in [-0.3, -0.25) is 9.59 Å². The summed E-state index contributed by atoms with van der Waals surface area (Å²) in [6, 6.07) is 11.8. The van der Waals surface area contributed by atoms with Crippen molar-refractivity contribution in [1.29, 1.82) is 0 Å². The molecule has 2 N–H and O–H groups in total. The summed E-state index contributed by atoms with van der Waals surface area (Å²) >= 11 is 0. The number of carbonyl (C=O) groups is 2. The number of benzene rings is 2. The molecule has 2 aromatic carbocycles. The van der Waals surface area contributed by atoms with Crippen LogP contribution in [-0.4, -0.2) is 43.9 Å². The highest BCUT2D eigenvalue weighted by atomic mass is 19.1. The van der Waals surface area contributed by atoms with E-state index in [1.54, 1.807) is 31.4 Å². The van der Waals surface area contributed by atoms with Crippen LogP contribution in [0, 0.1) is 5.82 Å². The van der Waals surface area contributed by atoms with E-state index >= 15 is 0 Å². The average molecular weight is 361 g/mol. The molecule has 0 aliphatic heterocycles. The summed E-state index contributed by atoms with van der Waals surface area (Å²) in [4.78, 5) is 23.9. The smallest absolute Gasteiger partial charge is 0.312 e. The third-order valence-electron chi connectivity index (χ3n) is 3.71. The number of carboxylic acid groups (broad SMARTS) is 1. The molecule has 0 heterocycles. The number of methoxy groups -OCH3 is 1. The van der Waals surface area contributed by atoms with E-state index in [-0.39, 0.29) is 13.2 Å². The first-order chi connectivity index (χ1) is 12.5. The SMILES string of the molecule is COCCOc1ccccc1C(=O)NCC(C(=O)O)c1ccc(F)cc1. The zero-order valence-corrected chi connectivity index (χ0v) is 14.3. The van der Waals surface area contributed by atoms with Crippen LogP contribution in [0.2, 0.25) is 0 Å². The second-order valence-corrected chi connectivity index (χ2v) is 5.49. The summed E-state index contributed by atoms with van der Waals surface area (Å²) in [5, 5.41) is 12.0. The van der Waals surface area contributed by atoms with Gasteiger partial charge in [-0.15, -0.1) is 0 Å². The Hall–Kier alpha value is -2.93. The maximum Gasteiger partial charge on any atom is 0.312 e. The third-order valence-corrected chi connectivity index (χ3v) is 3.71. The third kappa shape index (κ3) is 5.29. The summed E-state index contributed by atoms with van der Waals surface area (Å²) in [6.07, 6.45) is 0. The van der Waals surface area contributed by atoms with Crippen LogP contribution >= 0.6 is 0 Å². The Kier molecular flexibility index (Phi) is 7.11. The molecule has 2 aromatic rings. The monoisotopic (exact) mass is 361 g/mol. The number of rotatable bonds is 9. The van der Waals surface area contributed by atoms with E-state index in [9.17, 15) is 19.1 Å². The topological polar surface area (TPSA) is 84.9 Å². The number of carboxylic acids is 1. The van der Waals surface area contributed by atoms with E-state index in [0.29, 0.717) is 23.5 Å². The molecule has 0 bridgehead atoms. The first kappa shape index (κ1) is 19.4. The minimum atomic E-state index is -1.11. The van der Waals surface area contributed by atoms with E-state index in [1.807, 2.05) is 0 Å². The normalized spacial score (nSPS) is 11.6. The number of amides is 1. The minimum Gasteiger partial charge on any atom is -0.490 e. The number of hydrogen-bond acceptors (Lipinski definition) is 4. The number of nitrogens with one attached hydrogen (secondary N) is 1. The largest absolute Gasteiger partial charge is 0.490 e. The van der Waals surface area contributed by atoms with Gasteiger partial charge in [-0.05, 0) is 29.8 Å². The highest BCUT2D eigenvalue weighted by Gasteiger charge is 2.22. The maximum atomic E-state index is 13.0. The van der Waals surface area contributed by atoms with Crippen molar-refractivity contribution in [1.82, 2.24) is 5.32 Å². The van der Waals surface area contributed by atoms with Crippen molar-refractivity contribution in [3.8, 4) is 5.75 Å². The van der Waals surface area contributed by atoms with Gasteiger partial charge in [0.15, 0.2) is 0 Å². The molecule has 1 unspecified atom stereocenters. The lowest BCUT2D eigenvalue weighted by Gasteiger charge is -2.15. The number of aliphatic carboxylic acids is 1. The zero-order chi connectivity index (χ0) is 18.9. The maximum absolute atomic E-state index is 13.0. The van der Waals surface area contributed by atoms with Crippen molar-refractivity contribution < 1.29 is 28.6 Å². The fraction of sp³-hybridized carbons (Fsp3) is 0.263. The number of hydrogen-bond donors (Lipinski definition) is 2. The Morgan fingerprint density at radius 1 is 1.12 bits per heavy atom. The molecule has 7 heteroatoms. The van der Waals surface area contributed by atoms with Crippen LogP contribution in [0.4, 0.5) is 4.39 Å². The van der Waals surface area contributed by atoms with E-state index in [0.717, 1.165) is 0 Å². The Morgan fingerprint density at radius 3 is 2.46 bits per heavy atom. The molecular formula is C19H20FNO5. The zero-order valence-electron chi connectivity index (χ0n) is 14.3. The van der Waals surface area contributed by atoms with Gasteiger partial charge in [-0.2, -0.15) is 0 Å². The van der Waals surface area contributed by atoms with Crippen LogP contribution in [0.25, 0.3) is 0 Å². The van der Waals surface area contributed by atoms with Gasteiger partial charge in [0.2, 0.25) is 0 Å². The van der Waals surface area contributed by atoms with Gasteiger partial charge >= 0.3 is 5.97 Å². The Morgan fingerprint density at radius 2 is 1.81 bits per heavy atom. The van der Waals surface area contributed by atoms with Crippen LogP contribution in [0.3, 0.4) is 0 Å². The first-order valence-corrected chi connectivity index (χ1v) is 8.00. The molecule has 0 aromatic heterocycles. The molecule has 0 aliphatic carbocycles. The van der Waals surface area contributed by atoms with Crippen molar-refractivity contribution in [2.45, 2.75) is 5.92 Å². The lowest BCUT2D eigenvalue weighted by molar-refractivity contribution is -0.138. The minimum absolute atomic E-state index is 0.133. The van der Waals surface area contributed by atoms with Crippen LogP contribution in [0.15, 0.2) is 48.5 Å². The molecule has 0 saturated heterocycles. The van der Waals surface area contributed by atoms with Gasteiger partial charge < -0.3 is 19.9 Å². The molecular weight excluding hydrogens is 341 g/mol. The van der Waals surface area contributed by atoms with Crippen molar-refractivity contribution >= 4 is 11.9 Å². The van der Waals surface area contributed by atoms with Crippen LogP contribution in [0.1, 0.15) is 21.8 Å². The van der Waals surface area contributed by atoms with E-state index in [1.165, 1.54) is 24.3 Å². The molecule has 0 spiro atoms. The first-order valence-electron chi connectivity index (χ1n) is 8.00. The van der Waals surface area contributed by atoms with Gasteiger partial charge in [0.1, 0.15) is 18.2 Å². The summed E-state index contributed by atoms with van der Waals surface area (Å²) in [7, 11) is 1.55. The fourth-order valence-corrected chi connectivity index (χ4v) is 2.35. The molecule has 0 radical (unpaired) electrons. The molecule has 138 valence electrons. The lowest BCUT2D eigenvalue weighted by Crippen LogP contribution is -2.32. The van der Waals surface area contributed by atoms with Gasteiger partial charge in [0.05, 0.1) is 18.1 Å². The van der Waals surface area contributed by atoms with E-state index < -0.39 is 23.6 Å². The molecule has 26 heavy (non-hydrogen) atoms. The fourth-order valence-electron chi connectivity index (χ4n) is 2.35. The molecule has 0 aliphatic rings. The highest BCUT2D eigenvalue weighted by Crippen LogP contribution is 2.19. The van der Waals surface area contributed by atoms with Gasteiger partial charge in [-0.1, -0.05) is 24.3 Å². The van der Waals surface area contributed by atoms with Crippen molar-refractivity contribution in [3.63, 3.8) is 0 Å². The summed E-state index contributed by atoms with van der Waals surface area (Å²) in [5.74, 6) is -2.62. The quantitative estimate of drug-likeness (QED) is 0.670. The standard InChI is InChI=1S/C19H20FNO5/c1-25-10-11-26-17-5-3-2-4-15(17)18(22)21-12-16(19(23)24)13-6-8-14(20)9-7-13/h2-9,16H,10-12H2,1H3,(H,21,22)(H,23,24). The number of ether oxygens (including phenoxy) is 2. The van der Waals surface area contributed by atoms with Crippen molar-refractivity contribution in [2.75, 3.05) is 26.9 Å². The number of carbonyl (C=O) groups excluding carboxylic acids is 1. The van der Waals surface area contributed by atoms with Gasteiger partial charge in [0.25, 0.3) is 5.91 Å². The van der Waals surface area contributed by atoms with Crippen LogP contribution in [0.5, 0.6) is 5.75 Å². The Bertz CT molecular complexity index is 748. The molecule has 1 amide bonds. The number of para-hydroxylation sites is 1. The predicted molar refractivity (Wildman–Crippen MR) is 92.9 cm³/mol. The van der Waals surface area contributed by atoms with Crippen LogP contribution < -0.4 is 10.1 Å². The lowest BCUT2D eigenvalue weighted by atomic mass is 9.99. The second-order valence-electron chi connectivity index (χ2n) is 5.49. The Balaban J connectivity index is 2.06. The highest BCUT2D eigenvalue weighted by molar-refractivity contribution is 5.97. The molecule has 1 atom stereocenters. The van der Waals surface area contributed by atoms with Crippen molar-refractivity contribution in [3.05, 3.63) is 65.5 Å². The van der Waals surface area contributed by atoms with Gasteiger partial charge in [-0.25, -0.2) is 4.39 Å². The summed E-state index contributed by atoms with van der Waals surface area (Å²) in [6.45, 7) is 0.530. The van der Waals surface area contributed by atoms with Crippen LogP contribution in [-0.2, 0) is 9.53 Å². The number of halogens is 1. The van der Waals surface area contributed by atoms with E-state index in [4.69, 9.17) is 9.47 Å². The average Bonchev–Trinajstić information content (AvgIpc) is 2.63. The molecule has 2 rings (SSSR count). The van der Waals surface area contributed by atoms with Crippen molar-refractivity contribution in [2.24, 2.45) is 0 Å². The summed E-state index contributed by atoms with van der Waals surface area (Å²) < 4.78 is 23.4. The predicted octanol–water partition coefficient (Wildman–Crippen LogP) is 2.45. The molecule has 6 nitrogen and oxygen atoms in total.